The van der Waals surface area contributed by atoms with E-state index in [0.29, 0.717) is 19.8 Å². The summed E-state index contributed by atoms with van der Waals surface area (Å²) in [5.41, 5.74) is 3.04. The fraction of sp³-hybridized carbons (Fsp3) is 0.357. The van der Waals surface area contributed by atoms with Gasteiger partial charge >= 0.3 is 0 Å². The largest absolute Gasteiger partial charge is 0.497 e. The van der Waals surface area contributed by atoms with Crippen molar-refractivity contribution in [1.82, 2.24) is 0 Å². The Morgan fingerprint density at radius 2 is 1.12 bits per heavy atom. The Morgan fingerprint density at radius 3 is 1.65 bits per heavy atom. The molecule has 34 heavy (non-hydrogen) atoms. The number of hydrogen-bond acceptors (Lipinski definition) is 6. The van der Waals surface area contributed by atoms with Crippen LogP contribution in [0.2, 0.25) is 0 Å². The molecule has 1 aliphatic heterocycles. The molecule has 1 saturated heterocycles. The van der Waals surface area contributed by atoms with Crippen molar-refractivity contribution < 1.29 is 28.8 Å². The monoisotopic (exact) mass is 464 g/mol. The molecule has 1 heterocycles. The lowest BCUT2D eigenvalue weighted by molar-refractivity contribution is -0.308. The zero-order valence-corrected chi connectivity index (χ0v) is 19.6. The summed E-state index contributed by atoms with van der Waals surface area (Å²) in [6, 6.07) is 27.5. The van der Waals surface area contributed by atoms with Gasteiger partial charge in [-0.05, 0) is 35.7 Å². The zero-order chi connectivity index (χ0) is 23.8. The Morgan fingerprint density at radius 1 is 0.647 bits per heavy atom. The molecule has 180 valence electrons. The van der Waals surface area contributed by atoms with Crippen molar-refractivity contribution in [2.75, 3.05) is 7.11 Å². The second-order valence-electron chi connectivity index (χ2n) is 8.38. The quantitative estimate of drug-likeness (QED) is 0.477. The molecule has 0 aliphatic carbocycles. The second kappa shape index (κ2) is 12.1. The highest BCUT2D eigenvalue weighted by molar-refractivity contribution is 5.26. The van der Waals surface area contributed by atoms with Crippen LogP contribution in [0.15, 0.2) is 84.9 Å². The number of aliphatic hydroxyl groups excluding tert-OH is 1. The van der Waals surface area contributed by atoms with Crippen LogP contribution in [0.25, 0.3) is 0 Å². The van der Waals surface area contributed by atoms with Gasteiger partial charge in [-0.3, -0.25) is 0 Å². The molecule has 0 bridgehead atoms. The number of hydrogen-bond donors (Lipinski definition) is 1. The van der Waals surface area contributed by atoms with Crippen molar-refractivity contribution >= 4 is 0 Å². The van der Waals surface area contributed by atoms with Crippen LogP contribution in [0.4, 0.5) is 0 Å². The smallest absolute Gasteiger partial charge is 0.184 e. The van der Waals surface area contributed by atoms with E-state index in [0.717, 1.165) is 22.4 Å². The van der Waals surface area contributed by atoms with Gasteiger partial charge in [0.1, 0.15) is 24.1 Å². The molecule has 5 atom stereocenters. The fourth-order valence-electron chi connectivity index (χ4n) is 4.04. The zero-order valence-electron chi connectivity index (χ0n) is 19.6. The molecular weight excluding hydrogens is 432 g/mol. The fourth-order valence-corrected chi connectivity index (χ4v) is 4.04. The van der Waals surface area contributed by atoms with Crippen molar-refractivity contribution in [3.05, 3.63) is 102 Å². The maximum absolute atomic E-state index is 10.8. The van der Waals surface area contributed by atoms with E-state index in [1.165, 1.54) is 0 Å². The lowest BCUT2D eigenvalue weighted by Gasteiger charge is -2.43. The van der Waals surface area contributed by atoms with E-state index in [1.807, 2.05) is 91.9 Å². The third-order valence-electron chi connectivity index (χ3n) is 5.92. The van der Waals surface area contributed by atoms with E-state index >= 15 is 0 Å². The molecule has 0 unspecified atom stereocenters. The van der Waals surface area contributed by atoms with Crippen LogP contribution in [0.3, 0.4) is 0 Å². The Kier molecular flexibility index (Phi) is 8.68. The summed E-state index contributed by atoms with van der Waals surface area (Å²) in [4.78, 5) is 0. The molecule has 0 amide bonds. The van der Waals surface area contributed by atoms with Crippen molar-refractivity contribution in [2.45, 2.75) is 57.5 Å². The highest BCUT2D eigenvalue weighted by Crippen LogP contribution is 2.29. The van der Waals surface area contributed by atoms with E-state index in [9.17, 15) is 5.11 Å². The van der Waals surface area contributed by atoms with E-state index < -0.39 is 24.6 Å². The van der Waals surface area contributed by atoms with Gasteiger partial charge in [-0.2, -0.15) is 0 Å². The lowest BCUT2D eigenvalue weighted by atomic mass is 9.98. The van der Waals surface area contributed by atoms with Gasteiger partial charge in [-0.15, -0.1) is 0 Å². The lowest BCUT2D eigenvalue weighted by Crippen LogP contribution is -2.59. The van der Waals surface area contributed by atoms with Crippen molar-refractivity contribution in [2.24, 2.45) is 0 Å². The molecule has 4 rings (SSSR count). The van der Waals surface area contributed by atoms with Crippen LogP contribution in [0.1, 0.15) is 23.6 Å². The van der Waals surface area contributed by atoms with Crippen LogP contribution in [0.5, 0.6) is 5.75 Å². The summed E-state index contributed by atoms with van der Waals surface area (Å²) >= 11 is 0. The highest BCUT2D eigenvalue weighted by atomic mass is 16.7. The summed E-state index contributed by atoms with van der Waals surface area (Å²) in [5, 5.41) is 10.8. The normalized spacial score (nSPS) is 24.6. The molecular formula is C28H32O6. The second-order valence-corrected chi connectivity index (χ2v) is 8.38. The maximum atomic E-state index is 10.8. The van der Waals surface area contributed by atoms with Gasteiger partial charge in [0.25, 0.3) is 0 Å². The molecule has 0 radical (unpaired) electrons. The van der Waals surface area contributed by atoms with Crippen LogP contribution >= 0.6 is 0 Å². The first-order chi connectivity index (χ1) is 16.6. The van der Waals surface area contributed by atoms with Gasteiger partial charge in [0, 0.05) is 0 Å². The average Bonchev–Trinajstić information content (AvgIpc) is 2.88. The predicted octanol–water partition coefficient (Wildman–Crippen LogP) is 4.49. The van der Waals surface area contributed by atoms with E-state index in [1.54, 1.807) is 7.11 Å². The Hall–Kier alpha value is -2.74. The maximum Gasteiger partial charge on any atom is 0.184 e. The predicted molar refractivity (Wildman–Crippen MR) is 128 cm³/mol. The molecule has 0 aromatic heterocycles. The number of rotatable bonds is 10. The van der Waals surface area contributed by atoms with Gasteiger partial charge in [0.15, 0.2) is 6.29 Å². The van der Waals surface area contributed by atoms with Crippen LogP contribution in [0, 0.1) is 0 Å². The Bertz CT molecular complexity index is 923. The third kappa shape index (κ3) is 6.44. The molecule has 3 aromatic carbocycles. The van der Waals surface area contributed by atoms with Gasteiger partial charge < -0.3 is 28.8 Å². The summed E-state index contributed by atoms with van der Waals surface area (Å²) in [6.45, 7) is 2.96. The van der Waals surface area contributed by atoms with Gasteiger partial charge in [-0.25, -0.2) is 0 Å². The molecule has 0 saturated carbocycles. The SMILES string of the molecule is COc1ccc(CO[C@@H]2[C@@H](OCc3ccccc3)[C@H](C)O[C@@H](O)[C@@H]2OCc2ccccc2)cc1. The summed E-state index contributed by atoms with van der Waals surface area (Å²) in [6.07, 6.45) is -3.18. The minimum Gasteiger partial charge on any atom is -0.497 e. The first kappa shape index (κ1) is 24.4. The molecule has 6 nitrogen and oxygen atoms in total. The van der Waals surface area contributed by atoms with Crippen molar-refractivity contribution in [1.29, 1.82) is 0 Å². The van der Waals surface area contributed by atoms with E-state index in [2.05, 4.69) is 0 Å². The first-order valence-corrected chi connectivity index (χ1v) is 11.5. The van der Waals surface area contributed by atoms with Crippen molar-refractivity contribution in [3.63, 3.8) is 0 Å². The van der Waals surface area contributed by atoms with Gasteiger partial charge in [0.2, 0.25) is 0 Å². The van der Waals surface area contributed by atoms with E-state index in [-0.39, 0.29) is 6.10 Å². The van der Waals surface area contributed by atoms with Gasteiger partial charge in [-0.1, -0.05) is 72.8 Å². The summed E-state index contributed by atoms with van der Waals surface area (Å²) < 4.78 is 29.8. The van der Waals surface area contributed by atoms with Crippen molar-refractivity contribution in [3.8, 4) is 5.75 Å². The minimum atomic E-state index is -1.13. The summed E-state index contributed by atoms with van der Waals surface area (Å²) in [7, 11) is 1.64. The van der Waals surface area contributed by atoms with Crippen LogP contribution < -0.4 is 4.74 Å². The Labute approximate surface area is 201 Å². The standard InChI is InChI=1S/C28H32O6/c1-20-25(31-17-21-9-5-3-6-10-21)26(32-19-23-13-15-24(30-2)16-14-23)27(28(29)34-20)33-18-22-11-7-4-8-12-22/h3-16,20,25-29H,17-19H2,1-2H3/t20-,25-,26+,27+,28+/m0/s1. The minimum absolute atomic E-state index is 0.327. The Balaban J connectivity index is 1.50. The number of benzene rings is 3. The first-order valence-electron chi connectivity index (χ1n) is 11.5. The number of ether oxygens (including phenoxy) is 5. The summed E-state index contributed by atoms with van der Waals surface area (Å²) in [5.74, 6) is 0.784. The average molecular weight is 465 g/mol. The van der Waals surface area contributed by atoms with E-state index in [4.69, 9.17) is 23.7 Å². The molecule has 1 aliphatic rings. The molecule has 0 spiro atoms. The highest BCUT2D eigenvalue weighted by Gasteiger charge is 2.46. The molecule has 6 heteroatoms. The topological polar surface area (TPSA) is 66.4 Å². The molecule has 1 N–H and O–H groups in total. The van der Waals surface area contributed by atoms with Crippen LogP contribution in [-0.4, -0.2) is 42.9 Å². The molecule has 1 fully saturated rings. The number of aliphatic hydroxyl groups is 1. The van der Waals surface area contributed by atoms with Crippen LogP contribution in [-0.2, 0) is 38.8 Å². The molecule has 3 aromatic rings. The number of methoxy groups -OCH3 is 1. The third-order valence-corrected chi connectivity index (χ3v) is 5.92. The van der Waals surface area contributed by atoms with Gasteiger partial charge in [0.05, 0.1) is 33.0 Å².